The topological polar surface area (TPSA) is 116 Å². The first-order chi connectivity index (χ1) is 14.0. The highest BCUT2D eigenvalue weighted by molar-refractivity contribution is 7.22. The number of carbonyl (C=O) groups is 1. The van der Waals surface area contributed by atoms with E-state index >= 15 is 0 Å². The maximum atomic E-state index is 14.4. The van der Waals surface area contributed by atoms with Crippen LogP contribution in [0.1, 0.15) is 5.56 Å². The fraction of sp³-hybridized carbons (Fsp3) is 0.0500. The van der Waals surface area contributed by atoms with E-state index in [-0.39, 0.29) is 11.4 Å². The van der Waals surface area contributed by atoms with Crippen LogP contribution in [0.25, 0.3) is 20.8 Å². The van der Waals surface area contributed by atoms with Crippen LogP contribution in [0.15, 0.2) is 54.9 Å². The van der Waals surface area contributed by atoms with Crippen LogP contribution in [-0.2, 0) is 6.54 Å². The van der Waals surface area contributed by atoms with Gasteiger partial charge in [0.05, 0.1) is 20.8 Å². The maximum Gasteiger partial charge on any atom is 0.316 e. The monoisotopic (exact) mass is 409 g/mol. The molecule has 0 bridgehead atoms. The van der Waals surface area contributed by atoms with E-state index in [1.807, 2.05) is 18.2 Å². The van der Waals surface area contributed by atoms with Crippen molar-refractivity contribution in [2.24, 2.45) is 11.5 Å². The van der Waals surface area contributed by atoms with Crippen LogP contribution < -0.4 is 21.5 Å². The third kappa shape index (κ3) is 4.00. The number of amides is 2. The molecule has 4 rings (SSSR count). The number of urea groups is 1. The molecule has 146 valence electrons. The number of anilines is 1. The summed E-state index contributed by atoms with van der Waals surface area (Å²) in [4.78, 5) is 20.6. The van der Waals surface area contributed by atoms with Gasteiger partial charge >= 0.3 is 6.03 Å². The van der Waals surface area contributed by atoms with Crippen LogP contribution in [-0.4, -0.2) is 16.0 Å². The molecule has 2 amide bonds. The molecule has 9 heteroatoms. The Labute approximate surface area is 169 Å². The largest absolute Gasteiger partial charge is 0.453 e. The van der Waals surface area contributed by atoms with Gasteiger partial charge in [0.25, 0.3) is 0 Å². The summed E-state index contributed by atoms with van der Waals surface area (Å²) in [5.41, 5.74) is 13.4. The minimum absolute atomic E-state index is 0.0212. The molecule has 0 atom stereocenters. The van der Waals surface area contributed by atoms with Gasteiger partial charge in [-0.15, -0.1) is 11.3 Å². The molecule has 5 N–H and O–H groups in total. The van der Waals surface area contributed by atoms with E-state index in [2.05, 4.69) is 15.3 Å². The number of ether oxygens (including phenoxy) is 1. The first-order valence-corrected chi connectivity index (χ1v) is 9.43. The minimum atomic E-state index is -0.770. The zero-order chi connectivity index (χ0) is 20.4. The summed E-state index contributed by atoms with van der Waals surface area (Å²) >= 11 is 1.45. The Kier molecular flexibility index (Phi) is 5.07. The van der Waals surface area contributed by atoms with Crippen LogP contribution in [0.5, 0.6) is 11.5 Å². The number of primary amides is 1. The molecule has 0 aliphatic rings. The van der Waals surface area contributed by atoms with Gasteiger partial charge < -0.3 is 21.5 Å². The molecule has 4 aromatic rings. The van der Waals surface area contributed by atoms with Gasteiger partial charge in [-0.1, -0.05) is 6.07 Å². The number of nitrogens with one attached hydrogen (secondary N) is 1. The molecule has 0 unspecified atom stereocenters. The molecule has 0 spiro atoms. The van der Waals surface area contributed by atoms with Crippen molar-refractivity contribution in [3.8, 4) is 22.1 Å². The first kappa shape index (κ1) is 18.8. The van der Waals surface area contributed by atoms with Crippen molar-refractivity contribution in [1.82, 2.24) is 9.97 Å². The van der Waals surface area contributed by atoms with Gasteiger partial charge in [-0.05, 0) is 29.8 Å². The van der Waals surface area contributed by atoms with E-state index in [1.165, 1.54) is 23.5 Å². The molecule has 7 nitrogen and oxygen atoms in total. The summed E-state index contributed by atoms with van der Waals surface area (Å²) in [7, 11) is 0. The number of benzene rings is 1. The van der Waals surface area contributed by atoms with Crippen LogP contribution in [0.4, 0.5) is 14.9 Å². The predicted octanol–water partition coefficient (Wildman–Crippen LogP) is 4.24. The Morgan fingerprint density at radius 1 is 1.14 bits per heavy atom. The summed E-state index contributed by atoms with van der Waals surface area (Å²) in [5, 5.41) is 2.32. The summed E-state index contributed by atoms with van der Waals surface area (Å²) in [5.74, 6) is -0.135. The van der Waals surface area contributed by atoms with Crippen molar-refractivity contribution >= 4 is 33.3 Å². The summed E-state index contributed by atoms with van der Waals surface area (Å²) in [6.45, 7) is 0.429. The van der Waals surface area contributed by atoms with Gasteiger partial charge in [-0.3, -0.25) is 9.97 Å². The molecule has 29 heavy (non-hydrogen) atoms. The van der Waals surface area contributed by atoms with Gasteiger partial charge in [0.15, 0.2) is 11.6 Å². The van der Waals surface area contributed by atoms with Crippen molar-refractivity contribution in [3.63, 3.8) is 0 Å². The zero-order valence-corrected chi connectivity index (χ0v) is 15.9. The number of fused-ring (bicyclic) bond motifs is 1. The third-order valence-corrected chi connectivity index (χ3v) is 5.27. The molecule has 3 heterocycles. The third-order valence-electron chi connectivity index (χ3n) is 4.11. The highest BCUT2D eigenvalue weighted by atomic mass is 32.1. The van der Waals surface area contributed by atoms with Gasteiger partial charge in [-0.2, -0.15) is 0 Å². The van der Waals surface area contributed by atoms with E-state index in [0.29, 0.717) is 12.3 Å². The van der Waals surface area contributed by atoms with Gasteiger partial charge in [0.2, 0.25) is 0 Å². The van der Waals surface area contributed by atoms with Crippen molar-refractivity contribution in [1.29, 1.82) is 0 Å². The Balaban J connectivity index is 1.66. The number of aromatic nitrogens is 2. The van der Waals surface area contributed by atoms with E-state index < -0.39 is 11.8 Å². The molecule has 0 radical (unpaired) electrons. The number of hydrogen-bond acceptors (Lipinski definition) is 6. The Bertz CT molecular complexity index is 1190. The van der Waals surface area contributed by atoms with E-state index in [9.17, 15) is 9.18 Å². The lowest BCUT2D eigenvalue weighted by molar-refractivity contribution is 0.259. The average Bonchev–Trinajstić information content (AvgIpc) is 3.15. The average molecular weight is 409 g/mol. The van der Waals surface area contributed by atoms with E-state index in [0.717, 1.165) is 32.4 Å². The molecule has 0 saturated carbocycles. The number of hydrogen-bond donors (Lipinski definition) is 3. The van der Waals surface area contributed by atoms with E-state index in [1.54, 1.807) is 18.5 Å². The SMILES string of the molecule is NCc1ccc(-c2cc3nccc(Oc4ccc(NC(N)=O)cc4F)c3s2)nc1. The zero-order valence-electron chi connectivity index (χ0n) is 15.1. The number of nitrogens with zero attached hydrogens (tertiary/aromatic N) is 2. The second-order valence-corrected chi connectivity index (χ2v) is 7.18. The lowest BCUT2D eigenvalue weighted by Crippen LogP contribution is -2.19. The second kappa shape index (κ2) is 7.82. The quantitative estimate of drug-likeness (QED) is 0.456. The molecular weight excluding hydrogens is 393 g/mol. The molecule has 3 aromatic heterocycles. The molecule has 0 aliphatic heterocycles. The number of carbonyl (C=O) groups excluding carboxylic acids is 1. The molecule has 0 fully saturated rings. The van der Waals surface area contributed by atoms with Crippen molar-refractivity contribution < 1.29 is 13.9 Å². The first-order valence-electron chi connectivity index (χ1n) is 8.61. The van der Waals surface area contributed by atoms with Gasteiger partial charge in [-0.25, -0.2) is 9.18 Å². The number of nitrogens with two attached hydrogens (primary N) is 2. The minimum Gasteiger partial charge on any atom is -0.453 e. The summed E-state index contributed by atoms with van der Waals surface area (Å²) in [6, 6.07) is 10.7. The Hall–Kier alpha value is -3.56. The molecule has 0 saturated heterocycles. The highest BCUT2D eigenvalue weighted by Gasteiger charge is 2.14. The number of rotatable bonds is 5. The van der Waals surface area contributed by atoms with Crippen LogP contribution >= 0.6 is 11.3 Å². The van der Waals surface area contributed by atoms with Crippen molar-refractivity contribution in [3.05, 3.63) is 66.2 Å². The standard InChI is InChI=1S/C20H16FN5O2S/c21-13-7-12(26-20(23)27)2-4-16(13)28-17-5-6-24-15-8-18(29-19(15)17)14-3-1-11(9-22)10-25-14/h1-8,10H,9,22H2,(H3,23,26,27). The lowest BCUT2D eigenvalue weighted by atomic mass is 10.2. The normalized spacial score (nSPS) is 10.8. The molecule has 1 aromatic carbocycles. The number of pyridine rings is 2. The smallest absolute Gasteiger partial charge is 0.316 e. The molecule has 0 aliphatic carbocycles. The number of thiophene rings is 1. The lowest BCUT2D eigenvalue weighted by Gasteiger charge is -2.09. The highest BCUT2D eigenvalue weighted by Crippen LogP contribution is 2.39. The number of halogens is 1. The van der Waals surface area contributed by atoms with E-state index in [4.69, 9.17) is 16.2 Å². The fourth-order valence-corrected chi connectivity index (χ4v) is 3.78. The molecular formula is C20H16FN5O2S. The van der Waals surface area contributed by atoms with Crippen molar-refractivity contribution in [2.75, 3.05) is 5.32 Å². The summed E-state index contributed by atoms with van der Waals surface area (Å²) in [6.07, 6.45) is 3.33. The fourth-order valence-electron chi connectivity index (χ4n) is 2.73. The van der Waals surface area contributed by atoms with Crippen molar-refractivity contribution in [2.45, 2.75) is 6.54 Å². The maximum absolute atomic E-state index is 14.4. The summed E-state index contributed by atoms with van der Waals surface area (Å²) < 4.78 is 20.9. The Morgan fingerprint density at radius 3 is 2.69 bits per heavy atom. The second-order valence-electron chi connectivity index (χ2n) is 6.13. The van der Waals surface area contributed by atoms with Crippen LogP contribution in [0.2, 0.25) is 0 Å². The van der Waals surface area contributed by atoms with Crippen LogP contribution in [0.3, 0.4) is 0 Å². The Morgan fingerprint density at radius 2 is 2.00 bits per heavy atom. The van der Waals surface area contributed by atoms with Gasteiger partial charge in [0.1, 0.15) is 5.75 Å². The van der Waals surface area contributed by atoms with Crippen LogP contribution in [0, 0.1) is 5.82 Å². The van der Waals surface area contributed by atoms with Gasteiger partial charge in [0, 0.05) is 36.8 Å². The predicted molar refractivity (Wildman–Crippen MR) is 110 cm³/mol.